The van der Waals surface area contributed by atoms with E-state index >= 15 is 0 Å². The summed E-state index contributed by atoms with van der Waals surface area (Å²) in [6, 6.07) is 0. The van der Waals surface area contributed by atoms with Gasteiger partial charge in [-0.3, -0.25) is 9.59 Å². The summed E-state index contributed by atoms with van der Waals surface area (Å²) < 4.78 is 4.82. The van der Waals surface area contributed by atoms with Crippen LogP contribution in [0.25, 0.3) is 0 Å². The van der Waals surface area contributed by atoms with E-state index in [1.165, 1.54) is 29.8 Å². The number of fused-ring (bicyclic) bond motifs is 1. The Morgan fingerprint density at radius 1 is 1.72 bits per heavy atom. The number of aliphatic carboxylic acids is 1. The quantitative estimate of drug-likeness (QED) is 0.390. The fraction of sp³-hybridized carbons (Fsp3) is 0.500. The van der Waals surface area contributed by atoms with Crippen molar-refractivity contribution < 1.29 is 24.2 Å². The zero-order valence-corrected chi connectivity index (χ0v) is 10.4. The average molecular weight is 272 g/mol. The third-order valence-corrected chi connectivity index (χ3v) is 4.25. The number of carbonyl (C=O) groups excluding carboxylic acids is 2. The first-order chi connectivity index (χ1) is 8.37. The summed E-state index contributed by atoms with van der Waals surface area (Å²) in [5, 5.41) is 8.37. The summed E-state index contributed by atoms with van der Waals surface area (Å²) in [5.41, 5.74) is 4.49. The number of esters is 1. The molecule has 7 nitrogen and oxygen atoms in total. The Hall–Kier alpha value is -1.54. The van der Waals surface area contributed by atoms with Crippen LogP contribution in [0, 0.1) is 0 Å². The molecule has 2 rings (SSSR count). The normalized spacial score (nSPS) is 30.1. The predicted octanol–water partition coefficient (Wildman–Crippen LogP) is -0.869. The fourth-order valence-corrected chi connectivity index (χ4v) is 3.12. The number of carboxylic acids is 1. The van der Waals surface area contributed by atoms with Gasteiger partial charge in [0.2, 0.25) is 5.54 Å². The number of thioether (sulfide) groups is 1. The standard InChI is InChI=1S/C10H12N2O5S/c1-5(13)17-3-6-2-12-7(14)10(11,9(15)16)8(12)18-4-6/h2,8H,3-4,11H2,1H3,(H,15,16)/t8-,10?/m0/s1. The van der Waals surface area contributed by atoms with E-state index in [9.17, 15) is 14.4 Å². The number of nitrogens with two attached hydrogens (primary N) is 1. The highest BCUT2D eigenvalue weighted by molar-refractivity contribution is 8.00. The van der Waals surface area contributed by atoms with Gasteiger partial charge in [0.25, 0.3) is 5.91 Å². The van der Waals surface area contributed by atoms with Gasteiger partial charge in [0.1, 0.15) is 12.0 Å². The molecule has 8 heteroatoms. The highest BCUT2D eigenvalue weighted by atomic mass is 32.2. The zero-order valence-electron chi connectivity index (χ0n) is 9.58. The summed E-state index contributed by atoms with van der Waals surface area (Å²) in [4.78, 5) is 34.6. The van der Waals surface area contributed by atoms with Crippen LogP contribution < -0.4 is 5.73 Å². The Balaban J connectivity index is 2.09. The van der Waals surface area contributed by atoms with Gasteiger partial charge in [-0.2, -0.15) is 0 Å². The number of hydrogen-bond acceptors (Lipinski definition) is 6. The number of amides is 1. The lowest BCUT2D eigenvalue weighted by Gasteiger charge is -2.51. The van der Waals surface area contributed by atoms with Gasteiger partial charge in [-0.05, 0) is 5.57 Å². The van der Waals surface area contributed by atoms with Crippen LogP contribution in [-0.4, -0.2) is 51.1 Å². The zero-order chi connectivity index (χ0) is 13.5. The minimum atomic E-state index is -1.84. The van der Waals surface area contributed by atoms with Gasteiger partial charge in [0.15, 0.2) is 0 Å². The molecule has 0 saturated carbocycles. The molecule has 0 spiro atoms. The van der Waals surface area contributed by atoms with E-state index < -0.39 is 28.8 Å². The van der Waals surface area contributed by atoms with Gasteiger partial charge in [0, 0.05) is 18.9 Å². The minimum Gasteiger partial charge on any atom is -0.479 e. The summed E-state index contributed by atoms with van der Waals surface area (Å²) in [7, 11) is 0. The highest BCUT2D eigenvalue weighted by Gasteiger charge is 2.64. The summed E-state index contributed by atoms with van der Waals surface area (Å²) >= 11 is 1.25. The number of ether oxygens (including phenoxy) is 1. The molecule has 0 aromatic carbocycles. The molecular weight excluding hydrogens is 260 g/mol. The summed E-state index contributed by atoms with van der Waals surface area (Å²) in [6.45, 7) is 1.40. The van der Waals surface area contributed by atoms with E-state index in [4.69, 9.17) is 15.6 Å². The second kappa shape index (κ2) is 4.29. The number of rotatable bonds is 3. The van der Waals surface area contributed by atoms with Crippen LogP contribution in [0.2, 0.25) is 0 Å². The van der Waals surface area contributed by atoms with Crippen molar-refractivity contribution in [2.75, 3.05) is 12.4 Å². The van der Waals surface area contributed by atoms with E-state index in [-0.39, 0.29) is 6.61 Å². The smallest absolute Gasteiger partial charge is 0.336 e. The van der Waals surface area contributed by atoms with Crippen LogP contribution in [0.4, 0.5) is 0 Å². The Morgan fingerprint density at radius 3 is 2.94 bits per heavy atom. The largest absolute Gasteiger partial charge is 0.479 e. The Bertz CT molecular complexity index is 463. The molecule has 3 N–H and O–H groups in total. The maximum Gasteiger partial charge on any atom is 0.336 e. The molecule has 0 aromatic heterocycles. The fourth-order valence-electron chi connectivity index (χ4n) is 1.81. The lowest BCUT2D eigenvalue weighted by molar-refractivity contribution is -0.164. The van der Waals surface area contributed by atoms with Crippen LogP contribution in [0.15, 0.2) is 11.8 Å². The van der Waals surface area contributed by atoms with E-state index in [1.54, 1.807) is 0 Å². The first-order valence-corrected chi connectivity index (χ1v) is 6.22. The molecule has 98 valence electrons. The van der Waals surface area contributed by atoms with Crippen molar-refractivity contribution in [3.8, 4) is 0 Å². The highest BCUT2D eigenvalue weighted by Crippen LogP contribution is 2.41. The monoisotopic (exact) mass is 272 g/mol. The number of nitrogens with zero attached hydrogens (tertiary/aromatic N) is 1. The van der Waals surface area contributed by atoms with Gasteiger partial charge in [-0.1, -0.05) is 0 Å². The molecule has 0 bridgehead atoms. The molecule has 2 aliphatic rings. The number of carbonyl (C=O) groups is 3. The van der Waals surface area contributed by atoms with E-state index in [2.05, 4.69) is 0 Å². The van der Waals surface area contributed by atoms with Crippen LogP contribution in [0.1, 0.15) is 6.92 Å². The molecule has 1 fully saturated rings. The summed E-state index contributed by atoms with van der Waals surface area (Å²) in [5.74, 6) is -1.89. The second-order valence-corrected chi connectivity index (χ2v) is 5.19. The molecular formula is C10H12N2O5S. The van der Waals surface area contributed by atoms with Crippen molar-refractivity contribution in [3.63, 3.8) is 0 Å². The van der Waals surface area contributed by atoms with E-state index in [0.717, 1.165) is 5.57 Å². The molecule has 2 aliphatic heterocycles. The third kappa shape index (κ3) is 1.77. The van der Waals surface area contributed by atoms with Gasteiger partial charge in [0.05, 0.1) is 0 Å². The Kier molecular flexibility index (Phi) is 3.07. The van der Waals surface area contributed by atoms with E-state index in [0.29, 0.717) is 5.75 Å². The predicted molar refractivity (Wildman–Crippen MR) is 62.4 cm³/mol. The number of β-lactam (4-membered cyclic amide) rings is 1. The van der Waals surface area contributed by atoms with Crippen LogP contribution in [0.3, 0.4) is 0 Å². The molecule has 1 amide bonds. The molecule has 18 heavy (non-hydrogen) atoms. The molecule has 0 radical (unpaired) electrons. The first-order valence-electron chi connectivity index (χ1n) is 5.17. The second-order valence-electron chi connectivity index (χ2n) is 4.12. The van der Waals surface area contributed by atoms with Crippen molar-refractivity contribution >= 4 is 29.6 Å². The molecule has 2 atom stereocenters. The molecule has 2 heterocycles. The number of hydrogen-bond donors (Lipinski definition) is 2. The average Bonchev–Trinajstić information content (AvgIpc) is 2.34. The van der Waals surface area contributed by atoms with Crippen molar-refractivity contribution in [1.82, 2.24) is 4.90 Å². The van der Waals surface area contributed by atoms with Crippen LogP contribution >= 0.6 is 11.8 Å². The maximum absolute atomic E-state index is 11.7. The lowest BCUT2D eigenvalue weighted by Crippen LogP contribution is -2.79. The Labute approximate surface area is 107 Å². The first kappa shape index (κ1) is 12.9. The molecule has 1 saturated heterocycles. The van der Waals surface area contributed by atoms with Gasteiger partial charge >= 0.3 is 11.9 Å². The SMILES string of the molecule is CC(=O)OCC1=CN2C(=O)C(N)(C(=O)O)[C@@H]2SC1. The Morgan fingerprint density at radius 2 is 2.39 bits per heavy atom. The van der Waals surface area contributed by atoms with Crippen LogP contribution in [-0.2, 0) is 19.1 Å². The third-order valence-electron chi connectivity index (χ3n) is 2.79. The van der Waals surface area contributed by atoms with Crippen molar-refractivity contribution in [3.05, 3.63) is 11.8 Å². The van der Waals surface area contributed by atoms with Gasteiger partial charge in [-0.15, -0.1) is 11.8 Å². The lowest BCUT2D eigenvalue weighted by atomic mass is 9.89. The number of carboxylic acid groups (broad SMARTS) is 1. The molecule has 0 aromatic rings. The topological polar surface area (TPSA) is 110 Å². The summed E-state index contributed by atoms with van der Waals surface area (Å²) in [6.07, 6.45) is 1.51. The van der Waals surface area contributed by atoms with E-state index in [1.807, 2.05) is 0 Å². The van der Waals surface area contributed by atoms with Gasteiger partial charge in [-0.25, -0.2) is 4.79 Å². The van der Waals surface area contributed by atoms with Gasteiger partial charge < -0.3 is 20.5 Å². The maximum atomic E-state index is 11.7. The minimum absolute atomic E-state index is 0.101. The molecule has 1 unspecified atom stereocenters. The van der Waals surface area contributed by atoms with Crippen molar-refractivity contribution in [2.45, 2.75) is 17.8 Å². The molecule has 0 aliphatic carbocycles. The van der Waals surface area contributed by atoms with Crippen molar-refractivity contribution in [1.29, 1.82) is 0 Å². The van der Waals surface area contributed by atoms with Crippen LogP contribution in [0.5, 0.6) is 0 Å². The van der Waals surface area contributed by atoms with Crippen molar-refractivity contribution in [2.24, 2.45) is 5.73 Å².